The summed E-state index contributed by atoms with van der Waals surface area (Å²) in [5.41, 5.74) is 3.96. The van der Waals surface area contributed by atoms with E-state index in [0.29, 0.717) is 17.5 Å². The highest BCUT2D eigenvalue weighted by molar-refractivity contribution is 7.14. The molecular weight excluding hydrogens is 360 g/mol. The zero-order chi connectivity index (χ0) is 19.2. The molecule has 0 aliphatic heterocycles. The molecule has 0 saturated heterocycles. The van der Waals surface area contributed by atoms with Crippen LogP contribution in [0, 0.1) is 13.8 Å². The average molecular weight is 382 g/mol. The number of nitrogens with one attached hydrogen (secondary N) is 1. The second kappa shape index (κ2) is 8.68. The van der Waals surface area contributed by atoms with Gasteiger partial charge in [-0.1, -0.05) is 17.7 Å². The van der Waals surface area contributed by atoms with Gasteiger partial charge >= 0.3 is 0 Å². The SMILES string of the molecule is CCOc1ccc(-c2csc(NC(=O)COc3ccc(C)cc3C)n2)cc1. The highest BCUT2D eigenvalue weighted by atomic mass is 32.1. The third-order valence-electron chi connectivity index (χ3n) is 3.90. The van der Waals surface area contributed by atoms with Gasteiger partial charge in [-0.05, 0) is 56.7 Å². The molecule has 0 atom stereocenters. The molecule has 3 aromatic rings. The number of thiazole rings is 1. The Bertz CT molecular complexity index is 919. The minimum absolute atomic E-state index is 0.0537. The first kappa shape index (κ1) is 18.9. The van der Waals surface area contributed by atoms with E-state index >= 15 is 0 Å². The van der Waals surface area contributed by atoms with E-state index in [1.54, 1.807) is 0 Å². The van der Waals surface area contributed by atoms with Crippen molar-refractivity contribution in [3.63, 3.8) is 0 Å². The monoisotopic (exact) mass is 382 g/mol. The first-order valence-corrected chi connectivity index (χ1v) is 9.62. The van der Waals surface area contributed by atoms with Crippen LogP contribution in [0.15, 0.2) is 47.8 Å². The fourth-order valence-electron chi connectivity index (χ4n) is 2.61. The number of aryl methyl sites for hydroxylation is 2. The maximum atomic E-state index is 12.1. The summed E-state index contributed by atoms with van der Waals surface area (Å²) in [7, 11) is 0. The fraction of sp³-hybridized carbons (Fsp3) is 0.238. The Morgan fingerprint density at radius 1 is 1.11 bits per heavy atom. The first-order chi connectivity index (χ1) is 13.0. The van der Waals surface area contributed by atoms with Crippen LogP contribution in [0.25, 0.3) is 11.3 Å². The first-order valence-electron chi connectivity index (χ1n) is 8.74. The quantitative estimate of drug-likeness (QED) is 0.635. The molecule has 0 bridgehead atoms. The molecule has 1 aromatic heterocycles. The van der Waals surface area contributed by atoms with Gasteiger partial charge in [0.2, 0.25) is 0 Å². The van der Waals surface area contributed by atoms with Crippen molar-refractivity contribution in [3.8, 4) is 22.8 Å². The van der Waals surface area contributed by atoms with Crippen LogP contribution in [0.5, 0.6) is 11.5 Å². The molecule has 0 aliphatic carbocycles. The average Bonchev–Trinajstić information content (AvgIpc) is 3.10. The van der Waals surface area contributed by atoms with Gasteiger partial charge in [-0.25, -0.2) is 4.98 Å². The van der Waals surface area contributed by atoms with Crippen molar-refractivity contribution in [1.82, 2.24) is 4.98 Å². The van der Waals surface area contributed by atoms with Crippen LogP contribution in [0.2, 0.25) is 0 Å². The van der Waals surface area contributed by atoms with E-state index in [2.05, 4.69) is 10.3 Å². The molecule has 0 spiro atoms. The van der Waals surface area contributed by atoms with Crippen LogP contribution in [-0.2, 0) is 4.79 Å². The van der Waals surface area contributed by atoms with Crippen molar-refractivity contribution in [2.24, 2.45) is 0 Å². The summed E-state index contributed by atoms with van der Waals surface area (Å²) in [4.78, 5) is 16.6. The van der Waals surface area contributed by atoms with Crippen molar-refractivity contribution in [2.75, 3.05) is 18.5 Å². The predicted molar refractivity (Wildman–Crippen MR) is 109 cm³/mol. The number of anilines is 1. The Morgan fingerprint density at radius 3 is 2.59 bits per heavy atom. The molecule has 2 aromatic carbocycles. The smallest absolute Gasteiger partial charge is 0.264 e. The lowest BCUT2D eigenvalue weighted by Gasteiger charge is -2.09. The maximum Gasteiger partial charge on any atom is 0.264 e. The van der Waals surface area contributed by atoms with Gasteiger partial charge < -0.3 is 9.47 Å². The van der Waals surface area contributed by atoms with Gasteiger partial charge in [0, 0.05) is 10.9 Å². The lowest BCUT2D eigenvalue weighted by molar-refractivity contribution is -0.118. The summed E-state index contributed by atoms with van der Waals surface area (Å²) in [5.74, 6) is 1.31. The highest BCUT2D eigenvalue weighted by Crippen LogP contribution is 2.26. The molecule has 0 fully saturated rings. The minimum atomic E-state index is -0.234. The molecule has 0 saturated carbocycles. The molecule has 1 heterocycles. The summed E-state index contributed by atoms with van der Waals surface area (Å²) < 4.78 is 11.0. The van der Waals surface area contributed by atoms with Gasteiger partial charge in [-0.15, -0.1) is 11.3 Å². The number of carbonyl (C=O) groups is 1. The van der Waals surface area contributed by atoms with Crippen LogP contribution < -0.4 is 14.8 Å². The van der Waals surface area contributed by atoms with E-state index in [1.807, 2.05) is 68.6 Å². The van der Waals surface area contributed by atoms with Crippen LogP contribution in [0.1, 0.15) is 18.1 Å². The van der Waals surface area contributed by atoms with E-state index in [9.17, 15) is 4.79 Å². The standard InChI is InChI=1S/C21H22N2O3S/c1-4-25-17-8-6-16(7-9-17)18-13-27-21(22-18)23-20(24)12-26-19-10-5-14(2)11-15(19)3/h5-11,13H,4,12H2,1-3H3,(H,22,23,24). The lowest BCUT2D eigenvalue weighted by atomic mass is 10.1. The second-order valence-electron chi connectivity index (χ2n) is 6.10. The summed E-state index contributed by atoms with van der Waals surface area (Å²) in [6.45, 7) is 6.52. The molecule has 1 amide bonds. The van der Waals surface area contributed by atoms with Crippen LogP contribution >= 0.6 is 11.3 Å². The molecule has 0 unspecified atom stereocenters. The fourth-order valence-corrected chi connectivity index (χ4v) is 3.35. The van der Waals surface area contributed by atoms with E-state index in [4.69, 9.17) is 9.47 Å². The van der Waals surface area contributed by atoms with Crippen LogP contribution in [-0.4, -0.2) is 24.1 Å². The lowest BCUT2D eigenvalue weighted by Crippen LogP contribution is -2.20. The molecule has 5 nitrogen and oxygen atoms in total. The van der Waals surface area contributed by atoms with E-state index in [-0.39, 0.29) is 12.5 Å². The Balaban J connectivity index is 1.57. The molecule has 6 heteroatoms. The number of carbonyl (C=O) groups excluding carboxylic acids is 1. The van der Waals surface area contributed by atoms with E-state index in [0.717, 1.165) is 28.1 Å². The molecule has 27 heavy (non-hydrogen) atoms. The Hall–Kier alpha value is -2.86. The van der Waals surface area contributed by atoms with Gasteiger partial charge in [0.05, 0.1) is 12.3 Å². The van der Waals surface area contributed by atoms with Crippen LogP contribution in [0.4, 0.5) is 5.13 Å². The van der Waals surface area contributed by atoms with Gasteiger partial charge in [-0.2, -0.15) is 0 Å². The molecule has 1 N–H and O–H groups in total. The molecular formula is C21H22N2O3S. The number of aromatic nitrogens is 1. The third kappa shape index (κ3) is 5.08. The number of hydrogen-bond acceptors (Lipinski definition) is 5. The normalized spacial score (nSPS) is 10.5. The predicted octanol–water partition coefficient (Wildman–Crippen LogP) is 4.84. The van der Waals surface area contributed by atoms with E-state index < -0.39 is 0 Å². The summed E-state index contributed by atoms with van der Waals surface area (Å²) in [6, 6.07) is 13.6. The molecule has 140 valence electrons. The van der Waals surface area contributed by atoms with Gasteiger partial charge in [0.1, 0.15) is 11.5 Å². The summed E-state index contributed by atoms with van der Waals surface area (Å²) in [6.07, 6.45) is 0. The zero-order valence-electron chi connectivity index (χ0n) is 15.6. The maximum absolute atomic E-state index is 12.1. The van der Waals surface area contributed by atoms with Gasteiger partial charge in [-0.3, -0.25) is 10.1 Å². The Labute approximate surface area is 163 Å². The number of amides is 1. The summed E-state index contributed by atoms with van der Waals surface area (Å²) >= 11 is 1.38. The highest BCUT2D eigenvalue weighted by Gasteiger charge is 2.10. The Morgan fingerprint density at radius 2 is 1.89 bits per heavy atom. The second-order valence-corrected chi connectivity index (χ2v) is 6.96. The number of ether oxygens (including phenoxy) is 2. The van der Waals surface area contributed by atoms with Gasteiger partial charge in [0.15, 0.2) is 11.7 Å². The van der Waals surface area contributed by atoms with Crippen LogP contribution in [0.3, 0.4) is 0 Å². The van der Waals surface area contributed by atoms with Crippen molar-refractivity contribution >= 4 is 22.4 Å². The molecule has 0 radical (unpaired) electrons. The minimum Gasteiger partial charge on any atom is -0.494 e. The molecule has 0 aliphatic rings. The zero-order valence-corrected chi connectivity index (χ0v) is 16.4. The topological polar surface area (TPSA) is 60.5 Å². The van der Waals surface area contributed by atoms with Crippen molar-refractivity contribution in [1.29, 1.82) is 0 Å². The van der Waals surface area contributed by atoms with Gasteiger partial charge in [0.25, 0.3) is 5.91 Å². The van der Waals surface area contributed by atoms with Crippen molar-refractivity contribution < 1.29 is 14.3 Å². The third-order valence-corrected chi connectivity index (χ3v) is 4.66. The Kier molecular flexibility index (Phi) is 6.08. The number of benzene rings is 2. The number of nitrogens with zero attached hydrogens (tertiary/aromatic N) is 1. The molecule has 3 rings (SSSR count). The largest absolute Gasteiger partial charge is 0.494 e. The van der Waals surface area contributed by atoms with E-state index in [1.165, 1.54) is 11.3 Å². The van der Waals surface area contributed by atoms with Crippen molar-refractivity contribution in [3.05, 3.63) is 59.0 Å². The number of hydrogen-bond donors (Lipinski definition) is 1. The van der Waals surface area contributed by atoms with Crippen molar-refractivity contribution in [2.45, 2.75) is 20.8 Å². The number of rotatable bonds is 7. The summed E-state index contributed by atoms with van der Waals surface area (Å²) in [5, 5.41) is 5.25.